The molecule has 0 aliphatic carbocycles. The van der Waals surface area contributed by atoms with Gasteiger partial charge in [-0.1, -0.05) is 15.9 Å². The Bertz CT molecular complexity index is 620. The second kappa shape index (κ2) is 6.09. The van der Waals surface area contributed by atoms with Crippen LogP contribution < -0.4 is 5.32 Å². The molecule has 2 aromatic rings. The Hall–Kier alpha value is -1.50. The summed E-state index contributed by atoms with van der Waals surface area (Å²) >= 11 is 2.92. The van der Waals surface area contributed by atoms with Crippen molar-refractivity contribution in [2.24, 2.45) is 0 Å². The maximum atomic E-state index is 12.8. The van der Waals surface area contributed by atoms with E-state index >= 15 is 0 Å². The van der Waals surface area contributed by atoms with Crippen LogP contribution in [0, 0.1) is 0 Å². The van der Waals surface area contributed by atoms with Gasteiger partial charge in [0.2, 0.25) is 0 Å². The van der Waals surface area contributed by atoms with E-state index in [-0.39, 0.29) is 10.5 Å². The molecule has 21 heavy (non-hydrogen) atoms. The van der Waals surface area contributed by atoms with Crippen molar-refractivity contribution < 1.29 is 13.2 Å². The van der Waals surface area contributed by atoms with Crippen molar-refractivity contribution in [3.8, 4) is 0 Å². The van der Waals surface area contributed by atoms with Crippen molar-refractivity contribution in [1.82, 2.24) is 9.78 Å². The van der Waals surface area contributed by atoms with E-state index in [0.29, 0.717) is 12.2 Å². The molecule has 0 saturated carbocycles. The van der Waals surface area contributed by atoms with Crippen molar-refractivity contribution in [3.05, 3.63) is 46.2 Å². The highest BCUT2D eigenvalue weighted by atomic mass is 79.9. The van der Waals surface area contributed by atoms with Gasteiger partial charge < -0.3 is 5.32 Å². The van der Waals surface area contributed by atoms with Crippen LogP contribution >= 0.6 is 15.9 Å². The van der Waals surface area contributed by atoms with Crippen LogP contribution in [0.15, 0.2) is 35.1 Å². The number of benzene rings is 1. The fourth-order valence-electron chi connectivity index (χ4n) is 1.81. The largest absolute Gasteiger partial charge is 0.417 e. The Balaban J connectivity index is 2.09. The third-order valence-electron chi connectivity index (χ3n) is 2.95. The van der Waals surface area contributed by atoms with E-state index in [1.807, 2.05) is 20.0 Å². The molecule has 0 atom stereocenters. The molecule has 0 fully saturated rings. The van der Waals surface area contributed by atoms with Crippen LogP contribution in [-0.4, -0.2) is 9.78 Å². The Morgan fingerprint density at radius 3 is 2.62 bits per heavy atom. The van der Waals surface area contributed by atoms with Gasteiger partial charge in [-0.3, -0.25) is 4.68 Å². The minimum absolute atomic E-state index is 0.0353. The van der Waals surface area contributed by atoms with Crippen LogP contribution in [-0.2, 0) is 12.7 Å². The first kappa shape index (κ1) is 15.9. The molecule has 0 aliphatic rings. The fourth-order valence-corrected chi connectivity index (χ4v) is 2.28. The quantitative estimate of drug-likeness (QED) is 0.842. The molecular weight excluding hydrogens is 347 g/mol. The number of nitrogens with zero attached hydrogens (tertiary/aromatic N) is 2. The molecule has 0 spiro atoms. The number of halogens is 4. The molecule has 0 radical (unpaired) electrons. The molecule has 0 saturated heterocycles. The predicted octanol–water partition coefficient (Wildman–Crippen LogP) is 4.86. The van der Waals surface area contributed by atoms with Gasteiger partial charge >= 0.3 is 6.18 Å². The summed E-state index contributed by atoms with van der Waals surface area (Å²) in [6.07, 6.45) is -0.795. The molecule has 1 aromatic heterocycles. The number of rotatable bonds is 4. The van der Waals surface area contributed by atoms with Crippen LogP contribution in [0.1, 0.15) is 31.0 Å². The normalized spacial score (nSPS) is 12.0. The molecule has 0 amide bonds. The van der Waals surface area contributed by atoms with Crippen LogP contribution in [0.4, 0.5) is 18.9 Å². The molecule has 0 unspecified atom stereocenters. The Labute approximate surface area is 129 Å². The lowest BCUT2D eigenvalue weighted by atomic mass is 10.2. The molecule has 3 nitrogen and oxygen atoms in total. The predicted molar refractivity (Wildman–Crippen MR) is 79.1 cm³/mol. The highest BCUT2D eigenvalue weighted by Gasteiger charge is 2.33. The number of hydrogen-bond donors (Lipinski definition) is 1. The summed E-state index contributed by atoms with van der Waals surface area (Å²) in [6, 6.07) is 4.34. The van der Waals surface area contributed by atoms with E-state index in [4.69, 9.17) is 0 Å². The van der Waals surface area contributed by atoms with Gasteiger partial charge in [-0.2, -0.15) is 18.3 Å². The zero-order valence-corrected chi connectivity index (χ0v) is 13.2. The summed E-state index contributed by atoms with van der Waals surface area (Å²) in [5.41, 5.74) is 0.647. The van der Waals surface area contributed by atoms with E-state index in [2.05, 4.69) is 26.3 Å². The Morgan fingerprint density at radius 1 is 1.33 bits per heavy atom. The SMILES string of the molecule is CC(C)n1cc(CNc2ccc(Br)c(C(F)(F)F)c2)cn1. The van der Waals surface area contributed by atoms with Crippen LogP contribution in [0.5, 0.6) is 0 Å². The lowest BCUT2D eigenvalue weighted by Gasteiger charge is -2.12. The highest BCUT2D eigenvalue weighted by molar-refractivity contribution is 9.10. The van der Waals surface area contributed by atoms with Crippen molar-refractivity contribution in [2.75, 3.05) is 5.32 Å². The lowest BCUT2D eigenvalue weighted by molar-refractivity contribution is -0.138. The van der Waals surface area contributed by atoms with Crippen molar-refractivity contribution in [1.29, 1.82) is 0 Å². The Morgan fingerprint density at radius 2 is 2.05 bits per heavy atom. The van der Waals surface area contributed by atoms with Crippen LogP contribution in [0.3, 0.4) is 0 Å². The van der Waals surface area contributed by atoms with E-state index in [1.54, 1.807) is 16.9 Å². The average Bonchev–Trinajstić information content (AvgIpc) is 2.85. The maximum absolute atomic E-state index is 12.8. The van der Waals surface area contributed by atoms with Gasteiger partial charge in [-0.05, 0) is 32.0 Å². The third kappa shape index (κ3) is 4.00. The van der Waals surface area contributed by atoms with Gasteiger partial charge in [0.25, 0.3) is 0 Å². The number of aromatic nitrogens is 2. The first-order chi connectivity index (χ1) is 9.77. The second-order valence-electron chi connectivity index (χ2n) is 4.97. The number of anilines is 1. The zero-order valence-electron chi connectivity index (χ0n) is 11.6. The number of nitrogens with one attached hydrogen (secondary N) is 1. The summed E-state index contributed by atoms with van der Waals surface area (Å²) in [5, 5.41) is 7.17. The average molecular weight is 362 g/mol. The zero-order chi connectivity index (χ0) is 15.6. The minimum Gasteiger partial charge on any atom is -0.381 e. The molecule has 7 heteroatoms. The molecule has 1 N–H and O–H groups in total. The molecule has 1 heterocycles. The first-order valence-electron chi connectivity index (χ1n) is 6.41. The summed E-state index contributed by atoms with van der Waals surface area (Å²) in [7, 11) is 0. The summed E-state index contributed by atoms with van der Waals surface area (Å²) in [5.74, 6) is 0. The van der Waals surface area contributed by atoms with E-state index in [0.717, 1.165) is 11.6 Å². The molecule has 0 bridgehead atoms. The molecule has 1 aromatic carbocycles. The van der Waals surface area contributed by atoms with Gasteiger partial charge in [0, 0.05) is 34.5 Å². The monoisotopic (exact) mass is 361 g/mol. The molecule has 114 valence electrons. The first-order valence-corrected chi connectivity index (χ1v) is 7.20. The molecular formula is C14H15BrF3N3. The topological polar surface area (TPSA) is 29.9 Å². The van der Waals surface area contributed by atoms with Crippen LogP contribution in [0.2, 0.25) is 0 Å². The summed E-state index contributed by atoms with van der Waals surface area (Å²) < 4.78 is 40.3. The van der Waals surface area contributed by atoms with Gasteiger partial charge in [0.15, 0.2) is 0 Å². The standard InChI is InChI=1S/C14H15BrF3N3/c1-9(2)21-8-10(7-20-21)6-19-11-3-4-13(15)12(5-11)14(16,17)18/h3-5,7-9,19H,6H2,1-2H3. The maximum Gasteiger partial charge on any atom is 0.417 e. The second-order valence-corrected chi connectivity index (χ2v) is 5.82. The van der Waals surface area contributed by atoms with Crippen LogP contribution in [0.25, 0.3) is 0 Å². The van der Waals surface area contributed by atoms with Gasteiger partial charge in [0.05, 0.1) is 11.8 Å². The summed E-state index contributed by atoms with van der Waals surface area (Å²) in [4.78, 5) is 0. The van der Waals surface area contributed by atoms with Gasteiger partial charge in [-0.15, -0.1) is 0 Å². The number of hydrogen-bond acceptors (Lipinski definition) is 2. The third-order valence-corrected chi connectivity index (χ3v) is 3.64. The Kier molecular flexibility index (Phi) is 4.61. The number of alkyl halides is 3. The fraction of sp³-hybridized carbons (Fsp3) is 0.357. The van der Waals surface area contributed by atoms with E-state index in [9.17, 15) is 13.2 Å². The highest BCUT2D eigenvalue weighted by Crippen LogP contribution is 2.36. The van der Waals surface area contributed by atoms with E-state index < -0.39 is 11.7 Å². The minimum atomic E-state index is -4.38. The molecule has 2 rings (SSSR count). The molecule has 0 aliphatic heterocycles. The van der Waals surface area contributed by atoms with Gasteiger partial charge in [-0.25, -0.2) is 0 Å². The van der Waals surface area contributed by atoms with Gasteiger partial charge in [0.1, 0.15) is 0 Å². The van der Waals surface area contributed by atoms with Crippen molar-refractivity contribution in [2.45, 2.75) is 32.6 Å². The lowest BCUT2D eigenvalue weighted by Crippen LogP contribution is -2.07. The van der Waals surface area contributed by atoms with E-state index in [1.165, 1.54) is 6.07 Å². The van der Waals surface area contributed by atoms with Crippen molar-refractivity contribution >= 4 is 21.6 Å². The summed E-state index contributed by atoms with van der Waals surface area (Å²) in [6.45, 7) is 4.44. The smallest absolute Gasteiger partial charge is 0.381 e. The van der Waals surface area contributed by atoms with Crippen molar-refractivity contribution in [3.63, 3.8) is 0 Å².